The van der Waals surface area contributed by atoms with Gasteiger partial charge in [-0.25, -0.2) is 0 Å². The van der Waals surface area contributed by atoms with Crippen LogP contribution in [0.2, 0.25) is 0 Å². The second-order valence-electron chi connectivity index (χ2n) is 11.0. The van der Waals surface area contributed by atoms with Gasteiger partial charge in [-0.3, -0.25) is 24.1 Å². The molecule has 0 spiro atoms. The summed E-state index contributed by atoms with van der Waals surface area (Å²) in [4.78, 5) is 58.6. The van der Waals surface area contributed by atoms with E-state index in [1.54, 1.807) is 0 Å². The van der Waals surface area contributed by atoms with Crippen LogP contribution in [0.5, 0.6) is 0 Å². The van der Waals surface area contributed by atoms with Gasteiger partial charge in [-0.2, -0.15) is 0 Å². The van der Waals surface area contributed by atoms with Crippen molar-refractivity contribution >= 4 is 29.9 Å². The predicted molar refractivity (Wildman–Crippen MR) is 148 cm³/mol. The largest absolute Gasteiger partial charge is 0.354 e. The van der Waals surface area contributed by atoms with Gasteiger partial charge in [0.1, 0.15) is 6.29 Å². The van der Waals surface area contributed by atoms with Gasteiger partial charge in [-0.1, -0.05) is 59.3 Å². The molecule has 1 rings (SSSR count). The Morgan fingerprint density at radius 3 is 1.72 bits per heavy atom. The summed E-state index contributed by atoms with van der Waals surface area (Å²) in [6, 6.07) is 0. The fourth-order valence-electron chi connectivity index (χ4n) is 3.96. The number of rotatable bonds is 22. The molecule has 0 aromatic heterocycles. The van der Waals surface area contributed by atoms with Crippen LogP contribution < -0.4 is 10.6 Å². The number of amides is 4. The number of nitrogens with one attached hydrogen (secondary N) is 2. The van der Waals surface area contributed by atoms with E-state index in [9.17, 15) is 24.0 Å². The number of imide groups is 1. The van der Waals surface area contributed by atoms with Crippen molar-refractivity contribution in [1.29, 1.82) is 0 Å². The van der Waals surface area contributed by atoms with Gasteiger partial charge in [-0.05, 0) is 19.8 Å². The van der Waals surface area contributed by atoms with Gasteiger partial charge in [0.2, 0.25) is 11.8 Å². The number of carbonyl (C=O) groups excluding carboxylic acids is 5. The molecular weight excluding hydrogens is 502 g/mol. The normalized spacial score (nSPS) is 14.9. The summed E-state index contributed by atoms with van der Waals surface area (Å²) in [5, 5.41) is 5.63. The molecule has 4 amide bonds. The van der Waals surface area contributed by atoms with Gasteiger partial charge in [0.05, 0.1) is 13.2 Å². The molecule has 0 saturated heterocycles. The van der Waals surface area contributed by atoms with Crippen molar-refractivity contribution in [1.82, 2.24) is 15.5 Å². The number of unbranched alkanes of at least 4 members (excludes halogenated alkanes) is 8. The van der Waals surface area contributed by atoms with E-state index in [-0.39, 0.29) is 43.3 Å². The fraction of sp³-hybridized carbons (Fsp3) is 0.759. The molecule has 1 aliphatic rings. The minimum absolute atomic E-state index is 0.0154. The maximum Gasteiger partial charge on any atom is 0.253 e. The molecule has 0 saturated carbocycles. The van der Waals surface area contributed by atoms with E-state index in [4.69, 9.17) is 9.47 Å². The Kier molecular flexibility index (Phi) is 16.5. The molecule has 0 radical (unpaired) electrons. The van der Waals surface area contributed by atoms with Crippen LogP contribution in [0.3, 0.4) is 0 Å². The first-order valence-corrected chi connectivity index (χ1v) is 14.3. The van der Waals surface area contributed by atoms with Crippen LogP contribution in [0.15, 0.2) is 12.2 Å². The third-order valence-corrected chi connectivity index (χ3v) is 6.90. The number of carbonyl (C=O) groups is 5. The van der Waals surface area contributed by atoms with E-state index in [1.165, 1.54) is 31.4 Å². The molecule has 1 unspecified atom stereocenters. The lowest BCUT2D eigenvalue weighted by Crippen LogP contribution is -2.48. The molecule has 1 heterocycles. The van der Waals surface area contributed by atoms with Crippen molar-refractivity contribution in [3.8, 4) is 0 Å². The maximum absolute atomic E-state index is 12.1. The molecule has 1 atom stereocenters. The van der Waals surface area contributed by atoms with Crippen LogP contribution in [-0.4, -0.2) is 73.4 Å². The molecular formula is C29H49N3O7. The zero-order valence-electron chi connectivity index (χ0n) is 24.4. The van der Waals surface area contributed by atoms with E-state index in [1.807, 2.05) is 27.7 Å². The number of aldehydes is 1. The highest BCUT2D eigenvalue weighted by atomic mass is 16.7. The molecule has 2 N–H and O–H groups in total. The smallest absolute Gasteiger partial charge is 0.253 e. The molecule has 0 aliphatic carbocycles. The van der Waals surface area contributed by atoms with Gasteiger partial charge in [0.15, 0.2) is 5.79 Å². The molecule has 0 bridgehead atoms. The van der Waals surface area contributed by atoms with E-state index >= 15 is 0 Å². The molecule has 0 aromatic carbocycles. The first-order chi connectivity index (χ1) is 18.5. The molecule has 0 aromatic rings. The predicted octanol–water partition coefficient (Wildman–Crippen LogP) is 3.43. The molecule has 1 aliphatic heterocycles. The minimum atomic E-state index is -0.935. The number of nitrogens with zero attached hydrogens (tertiary/aromatic N) is 1. The van der Waals surface area contributed by atoms with Crippen LogP contribution >= 0.6 is 0 Å². The van der Waals surface area contributed by atoms with Crippen LogP contribution in [0.4, 0.5) is 0 Å². The maximum atomic E-state index is 12.1. The highest BCUT2D eigenvalue weighted by Gasteiger charge is 2.39. The summed E-state index contributed by atoms with van der Waals surface area (Å²) in [5.41, 5.74) is -0.362. The standard InChI is InChI=1S/C29H49N3O7/c1-28(2,3)29(4,39-23-19-31-25(35)17-20-32-26(36)15-16-27(32)37)38-22-18-30-24(34)14-12-10-8-6-5-7-9-11-13-21-33/h15-16,21H,5-14,17-20,22-23H2,1-4H3,(H,30,34)(H,31,35). The highest BCUT2D eigenvalue weighted by molar-refractivity contribution is 6.13. The summed E-state index contributed by atoms with van der Waals surface area (Å²) in [5.74, 6) is -2.01. The average Bonchev–Trinajstić information content (AvgIpc) is 3.20. The third-order valence-electron chi connectivity index (χ3n) is 6.90. The van der Waals surface area contributed by atoms with Crippen LogP contribution in [0.1, 0.15) is 98.3 Å². The molecule has 222 valence electrons. The Bertz CT molecular complexity index is 804. The van der Waals surface area contributed by atoms with Gasteiger partial charge in [-0.15, -0.1) is 0 Å². The minimum Gasteiger partial charge on any atom is -0.354 e. The van der Waals surface area contributed by atoms with Crippen molar-refractivity contribution in [2.24, 2.45) is 5.41 Å². The molecule has 39 heavy (non-hydrogen) atoms. The van der Waals surface area contributed by atoms with Gasteiger partial charge in [0.25, 0.3) is 11.8 Å². The lowest BCUT2D eigenvalue weighted by molar-refractivity contribution is -0.276. The van der Waals surface area contributed by atoms with Crippen LogP contribution in [-0.2, 0) is 33.4 Å². The zero-order chi connectivity index (χ0) is 29.2. The average molecular weight is 552 g/mol. The monoisotopic (exact) mass is 551 g/mol. The van der Waals surface area contributed by atoms with Crippen LogP contribution in [0.25, 0.3) is 0 Å². The van der Waals surface area contributed by atoms with E-state index in [0.29, 0.717) is 26.0 Å². The third kappa shape index (κ3) is 14.4. The topological polar surface area (TPSA) is 131 Å². The van der Waals surface area contributed by atoms with Gasteiger partial charge in [0, 0.05) is 56.5 Å². The highest BCUT2D eigenvalue weighted by Crippen LogP contribution is 2.34. The SMILES string of the molecule is CC(C)(C)C(C)(OCCNC(=O)CCCCCCCCCCC=O)OCCNC(=O)CCN1C(=O)C=CC1=O. The molecule has 10 heteroatoms. The van der Waals surface area contributed by atoms with Crippen molar-refractivity contribution in [2.75, 3.05) is 32.8 Å². The Balaban J connectivity index is 2.17. The second kappa shape index (κ2) is 18.7. The summed E-state index contributed by atoms with van der Waals surface area (Å²) in [6.45, 7) is 9.01. The first kappa shape index (κ1) is 34.4. The van der Waals surface area contributed by atoms with Crippen molar-refractivity contribution < 1.29 is 33.4 Å². The first-order valence-electron chi connectivity index (χ1n) is 14.3. The molecule has 0 fully saturated rings. The van der Waals surface area contributed by atoms with Crippen molar-refractivity contribution in [3.05, 3.63) is 12.2 Å². The zero-order valence-corrected chi connectivity index (χ0v) is 24.4. The van der Waals surface area contributed by atoms with Crippen molar-refractivity contribution in [2.45, 2.75) is 104 Å². The number of hydrogen-bond donors (Lipinski definition) is 2. The van der Waals surface area contributed by atoms with Gasteiger partial charge < -0.3 is 24.9 Å². The Hall–Kier alpha value is -2.59. The summed E-state index contributed by atoms with van der Waals surface area (Å²) in [7, 11) is 0. The van der Waals surface area contributed by atoms with E-state index < -0.39 is 17.6 Å². The fourth-order valence-corrected chi connectivity index (χ4v) is 3.96. The van der Waals surface area contributed by atoms with E-state index in [2.05, 4.69) is 10.6 Å². The number of hydrogen-bond acceptors (Lipinski definition) is 7. The van der Waals surface area contributed by atoms with Crippen LogP contribution in [0, 0.1) is 5.41 Å². The van der Waals surface area contributed by atoms with Gasteiger partial charge >= 0.3 is 0 Å². The Labute approximate surface area is 233 Å². The Morgan fingerprint density at radius 1 is 0.769 bits per heavy atom. The lowest BCUT2D eigenvalue weighted by atomic mass is 9.86. The quantitative estimate of drug-likeness (QED) is 0.0912. The Morgan fingerprint density at radius 2 is 1.23 bits per heavy atom. The second-order valence-corrected chi connectivity index (χ2v) is 11.0. The number of ether oxygens (including phenoxy) is 2. The van der Waals surface area contributed by atoms with E-state index in [0.717, 1.165) is 43.3 Å². The van der Waals surface area contributed by atoms with Crippen molar-refractivity contribution in [3.63, 3.8) is 0 Å². The lowest BCUT2D eigenvalue weighted by Gasteiger charge is -2.41. The summed E-state index contributed by atoms with van der Waals surface area (Å²) in [6.07, 6.45) is 13.2. The summed E-state index contributed by atoms with van der Waals surface area (Å²) < 4.78 is 12.0. The molecule has 10 nitrogen and oxygen atoms in total. The summed E-state index contributed by atoms with van der Waals surface area (Å²) >= 11 is 0.